The number of benzene rings is 1. The number of rotatable bonds is 4. The second-order valence-electron chi connectivity index (χ2n) is 4.31. The number of halogens is 1. The van der Waals surface area contributed by atoms with Crippen LogP contribution in [0.4, 0.5) is 4.39 Å². The molecule has 0 bridgehead atoms. The van der Waals surface area contributed by atoms with E-state index in [0.29, 0.717) is 5.56 Å². The van der Waals surface area contributed by atoms with E-state index in [0.717, 1.165) is 0 Å². The Morgan fingerprint density at radius 2 is 2.06 bits per heavy atom. The molecule has 0 aliphatic rings. The van der Waals surface area contributed by atoms with Gasteiger partial charge in [-0.2, -0.15) is 0 Å². The van der Waals surface area contributed by atoms with E-state index in [-0.39, 0.29) is 5.75 Å². The average molecular weight is 242 g/mol. The number of hydrogen-bond donors (Lipinski definition) is 2. The van der Waals surface area contributed by atoms with Gasteiger partial charge in [-0.1, -0.05) is 19.9 Å². The first-order valence-electron chi connectivity index (χ1n) is 5.05. The fourth-order valence-corrected chi connectivity index (χ4v) is 1.53. The van der Waals surface area contributed by atoms with Gasteiger partial charge in [0.15, 0.2) is 17.7 Å². The first-order valence-corrected chi connectivity index (χ1v) is 5.05. The summed E-state index contributed by atoms with van der Waals surface area (Å²) in [6.07, 6.45) is -1.60. The number of carboxylic acids is 1. The zero-order chi connectivity index (χ0) is 13.2. The molecular weight excluding hydrogens is 227 g/mol. The summed E-state index contributed by atoms with van der Waals surface area (Å²) in [6.45, 7) is 3.07. The third-order valence-electron chi connectivity index (χ3n) is 2.81. The van der Waals surface area contributed by atoms with Gasteiger partial charge in [0.1, 0.15) is 0 Å². The lowest BCUT2D eigenvalue weighted by molar-refractivity contribution is -0.150. The molecule has 1 atom stereocenters. The van der Waals surface area contributed by atoms with Gasteiger partial charge in [0.05, 0.1) is 7.11 Å². The van der Waals surface area contributed by atoms with E-state index in [1.807, 2.05) is 0 Å². The number of aliphatic hydroxyl groups is 1. The van der Waals surface area contributed by atoms with E-state index in [1.54, 1.807) is 0 Å². The van der Waals surface area contributed by atoms with E-state index in [2.05, 4.69) is 0 Å². The number of aliphatic hydroxyl groups excluding tert-OH is 1. The highest BCUT2D eigenvalue weighted by Crippen LogP contribution is 2.30. The van der Waals surface area contributed by atoms with Crippen molar-refractivity contribution in [3.05, 3.63) is 29.6 Å². The maximum absolute atomic E-state index is 13.5. The largest absolute Gasteiger partial charge is 0.494 e. The van der Waals surface area contributed by atoms with Crippen molar-refractivity contribution in [3.63, 3.8) is 0 Å². The lowest BCUT2D eigenvalue weighted by atomic mass is 9.79. The maximum atomic E-state index is 13.5. The first kappa shape index (κ1) is 13.4. The van der Waals surface area contributed by atoms with Crippen molar-refractivity contribution in [1.82, 2.24) is 0 Å². The van der Waals surface area contributed by atoms with Crippen LogP contribution in [0.2, 0.25) is 0 Å². The Morgan fingerprint density at radius 1 is 1.47 bits per heavy atom. The molecule has 17 heavy (non-hydrogen) atoms. The van der Waals surface area contributed by atoms with Crippen LogP contribution in [0.25, 0.3) is 0 Å². The Hall–Kier alpha value is -1.62. The molecule has 0 amide bonds. The summed E-state index contributed by atoms with van der Waals surface area (Å²) in [7, 11) is 1.34. The summed E-state index contributed by atoms with van der Waals surface area (Å²) >= 11 is 0. The van der Waals surface area contributed by atoms with Crippen molar-refractivity contribution < 1.29 is 24.1 Å². The van der Waals surface area contributed by atoms with Gasteiger partial charge in [-0.15, -0.1) is 0 Å². The molecule has 0 fully saturated rings. The number of carboxylic acid groups (broad SMARTS) is 1. The summed E-state index contributed by atoms with van der Waals surface area (Å²) < 4.78 is 18.3. The normalized spacial score (nSPS) is 13.2. The van der Waals surface area contributed by atoms with Gasteiger partial charge in [-0.05, 0) is 17.7 Å². The van der Waals surface area contributed by atoms with Crippen LogP contribution in [-0.4, -0.2) is 29.4 Å². The van der Waals surface area contributed by atoms with Crippen LogP contribution in [0.5, 0.6) is 5.75 Å². The highest BCUT2D eigenvalue weighted by molar-refractivity contribution is 5.74. The molecule has 4 nitrogen and oxygen atoms in total. The lowest BCUT2D eigenvalue weighted by Gasteiger charge is -2.28. The molecule has 0 aliphatic carbocycles. The number of methoxy groups -OCH3 is 1. The predicted molar refractivity (Wildman–Crippen MR) is 59.6 cm³/mol. The van der Waals surface area contributed by atoms with Crippen molar-refractivity contribution >= 4 is 5.97 Å². The van der Waals surface area contributed by atoms with Crippen LogP contribution >= 0.6 is 0 Å². The average Bonchev–Trinajstić information content (AvgIpc) is 2.27. The molecule has 0 radical (unpaired) electrons. The molecule has 2 N–H and O–H groups in total. The van der Waals surface area contributed by atoms with Crippen molar-refractivity contribution in [2.24, 2.45) is 0 Å². The maximum Gasteiger partial charge on any atom is 0.333 e. The Bertz CT molecular complexity index is 429. The summed E-state index contributed by atoms with van der Waals surface area (Å²) in [4.78, 5) is 10.8. The second-order valence-corrected chi connectivity index (χ2v) is 4.31. The number of aliphatic carboxylic acids is 1. The standard InChI is InChI=1S/C12H15FO4/c1-12(2,10(14)11(15)16)7-4-5-9(17-3)8(13)6-7/h4-6,10,14H,1-3H3,(H,15,16). The molecule has 0 heterocycles. The fraction of sp³-hybridized carbons (Fsp3) is 0.417. The minimum Gasteiger partial charge on any atom is -0.494 e. The van der Waals surface area contributed by atoms with Crippen LogP contribution in [0.15, 0.2) is 18.2 Å². The molecule has 94 valence electrons. The monoisotopic (exact) mass is 242 g/mol. The fourth-order valence-electron chi connectivity index (χ4n) is 1.53. The van der Waals surface area contributed by atoms with Crippen LogP contribution < -0.4 is 4.74 Å². The van der Waals surface area contributed by atoms with Gasteiger partial charge in [0.2, 0.25) is 0 Å². The quantitative estimate of drug-likeness (QED) is 0.840. The molecular formula is C12H15FO4. The topological polar surface area (TPSA) is 66.8 Å². The second kappa shape index (κ2) is 4.71. The summed E-state index contributed by atoms with van der Waals surface area (Å²) in [5, 5.41) is 18.4. The van der Waals surface area contributed by atoms with E-state index in [9.17, 15) is 14.3 Å². The van der Waals surface area contributed by atoms with Crippen LogP contribution in [0.3, 0.4) is 0 Å². The molecule has 1 aromatic carbocycles. The van der Waals surface area contributed by atoms with Gasteiger partial charge in [-0.25, -0.2) is 9.18 Å². The smallest absolute Gasteiger partial charge is 0.333 e. The molecule has 0 saturated heterocycles. The van der Waals surface area contributed by atoms with Crippen molar-refractivity contribution in [3.8, 4) is 5.75 Å². The third kappa shape index (κ3) is 2.55. The third-order valence-corrected chi connectivity index (χ3v) is 2.81. The van der Waals surface area contributed by atoms with E-state index >= 15 is 0 Å². The van der Waals surface area contributed by atoms with E-state index < -0.39 is 23.3 Å². The molecule has 1 unspecified atom stereocenters. The number of carbonyl (C=O) groups is 1. The van der Waals surface area contributed by atoms with E-state index in [4.69, 9.17) is 9.84 Å². The summed E-state index contributed by atoms with van der Waals surface area (Å²) in [5.74, 6) is -1.85. The van der Waals surface area contributed by atoms with E-state index in [1.165, 1.54) is 39.2 Å². The van der Waals surface area contributed by atoms with Gasteiger partial charge < -0.3 is 14.9 Å². The minimum absolute atomic E-state index is 0.0781. The van der Waals surface area contributed by atoms with Gasteiger partial charge in [0.25, 0.3) is 0 Å². The zero-order valence-electron chi connectivity index (χ0n) is 9.90. The summed E-state index contributed by atoms with van der Waals surface area (Å²) in [6, 6.07) is 4.11. The molecule has 1 rings (SSSR count). The van der Waals surface area contributed by atoms with Crippen LogP contribution in [0, 0.1) is 5.82 Å². The minimum atomic E-state index is -1.60. The highest BCUT2D eigenvalue weighted by Gasteiger charge is 2.35. The number of hydrogen-bond acceptors (Lipinski definition) is 3. The van der Waals surface area contributed by atoms with Gasteiger partial charge in [0, 0.05) is 5.41 Å². The SMILES string of the molecule is COc1ccc(C(C)(C)C(O)C(=O)O)cc1F. The van der Waals surface area contributed by atoms with Gasteiger partial charge in [-0.3, -0.25) is 0 Å². The Labute approximate surface area is 98.7 Å². The molecule has 1 aromatic rings. The molecule has 0 spiro atoms. The van der Waals surface area contributed by atoms with Crippen LogP contribution in [-0.2, 0) is 10.2 Å². The predicted octanol–water partition coefficient (Wildman–Crippen LogP) is 1.56. The van der Waals surface area contributed by atoms with Crippen LogP contribution in [0.1, 0.15) is 19.4 Å². The first-order chi connectivity index (χ1) is 7.80. The van der Waals surface area contributed by atoms with Crippen molar-refractivity contribution in [1.29, 1.82) is 0 Å². The number of ether oxygens (including phenoxy) is 1. The summed E-state index contributed by atoms with van der Waals surface area (Å²) in [5.41, 5.74) is -0.690. The van der Waals surface area contributed by atoms with Crippen molar-refractivity contribution in [2.45, 2.75) is 25.4 Å². The Morgan fingerprint density at radius 3 is 2.47 bits per heavy atom. The Balaban J connectivity index is 3.15. The lowest BCUT2D eigenvalue weighted by Crippen LogP contribution is -2.39. The van der Waals surface area contributed by atoms with Gasteiger partial charge >= 0.3 is 5.97 Å². The highest BCUT2D eigenvalue weighted by atomic mass is 19.1. The molecule has 0 aromatic heterocycles. The zero-order valence-corrected chi connectivity index (χ0v) is 9.90. The molecule has 0 saturated carbocycles. The molecule has 0 aliphatic heterocycles. The molecule has 5 heteroatoms. The Kier molecular flexibility index (Phi) is 3.72. The van der Waals surface area contributed by atoms with Crippen molar-refractivity contribution in [2.75, 3.05) is 7.11 Å².